The third-order valence-corrected chi connectivity index (χ3v) is 6.27. The maximum Gasteiger partial charge on any atom is 0.241 e. The molecular formula is C28H24N4. The topological polar surface area (TPSA) is 35.6 Å². The average Bonchev–Trinajstić information content (AvgIpc) is 3.39. The molecule has 6 rings (SSSR count). The average molecular weight is 417 g/mol. The molecular weight excluding hydrogens is 392 g/mol. The quantitative estimate of drug-likeness (QED) is 0.341. The molecule has 0 bridgehead atoms. The summed E-state index contributed by atoms with van der Waals surface area (Å²) in [5.41, 5.74) is 7.12. The smallest absolute Gasteiger partial charge is 0.241 e. The second kappa shape index (κ2) is 7.34. The Morgan fingerprint density at radius 3 is 2.38 bits per heavy atom. The summed E-state index contributed by atoms with van der Waals surface area (Å²) in [6.07, 6.45) is 5.58. The number of nitrogens with zero attached hydrogens (tertiary/aromatic N) is 4. The van der Waals surface area contributed by atoms with Gasteiger partial charge in [0, 0.05) is 10.9 Å². The van der Waals surface area contributed by atoms with Gasteiger partial charge in [-0.05, 0) is 55.2 Å². The standard InChI is InChI=1S/C28H24N4/c1-19-13-15-25-23(17-19)24-18-20(2)14-16-26(24)32(25)28-30-29-27(21-9-5-3-6-10-21)31(28)22-11-7-4-8-12-22/h3-17,20H,18H2,1-2H3. The molecule has 0 saturated heterocycles. The van der Waals surface area contributed by atoms with Gasteiger partial charge >= 0.3 is 0 Å². The zero-order valence-corrected chi connectivity index (χ0v) is 18.2. The van der Waals surface area contributed by atoms with E-state index in [0.717, 1.165) is 29.4 Å². The van der Waals surface area contributed by atoms with E-state index in [4.69, 9.17) is 5.10 Å². The molecule has 4 nitrogen and oxygen atoms in total. The molecule has 1 atom stereocenters. The van der Waals surface area contributed by atoms with Gasteiger partial charge in [-0.25, -0.2) is 0 Å². The molecule has 1 unspecified atom stereocenters. The first-order chi connectivity index (χ1) is 15.7. The Hall–Kier alpha value is -3.92. The van der Waals surface area contributed by atoms with Gasteiger partial charge < -0.3 is 0 Å². The van der Waals surface area contributed by atoms with Gasteiger partial charge in [0.1, 0.15) is 0 Å². The van der Waals surface area contributed by atoms with Crippen molar-refractivity contribution in [3.63, 3.8) is 0 Å². The summed E-state index contributed by atoms with van der Waals surface area (Å²) < 4.78 is 4.44. The Morgan fingerprint density at radius 1 is 0.844 bits per heavy atom. The number of aromatic nitrogens is 4. The maximum absolute atomic E-state index is 4.75. The predicted molar refractivity (Wildman–Crippen MR) is 130 cm³/mol. The van der Waals surface area contributed by atoms with E-state index in [0.29, 0.717) is 5.92 Å². The van der Waals surface area contributed by atoms with Crippen LogP contribution in [-0.2, 0) is 6.42 Å². The van der Waals surface area contributed by atoms with Crippen molar-refractivity contribution in [2.45, 2.75) is 20.3 Å². The molecule has 0 N–H and O–H groups in total. The zero-order chi connectivity index (χ0) is 21.7. The van der Waals surface area contributed by atoms with Crippen molar-refractivity contribution in [3.8, 4) is 23.0 Å². The second-order valence-electron chi connectivity index (χ2n) is 8.62. The van der Waals surface area contributed by atoms with Gasteiger partial charge in [-0.2, -0.15) is 0 Å². The van der Waals surface area contributed by atoms with E-state index in [9.17, 15) is 0 Å². The van der Waals surface area contributed by atoms with E-state index >= 15 is 0 Å². The molecule has 4 heteroatoms. The van der Waals surface area contributed by atoms with Crippen molar-refractivity contribution >= 4 is 17.0 Å². The molecule has 3 aromatic carbocycles. The van der Waals surface area contributed by atoms with Gasteiger partial charge in [0.25, 0.3) is 0 Å². The fourth-order valence-corrected chi connectivity index (χ4v) is 4.75. The lowest BCUT2D eigenvalue weighted by molar-refractivity contribution is 0.715. The first-order valence-corrected chi connectivity index (χ1v) is 11.1. The van der Waals surface area contributed by atoms with Crippen LogP contribution in [0.1, 0.15) is 23.7 Å². The van der Waals surface area contributed by atoms with Gasteiger partial charge in [0.2, 0.25) is 5.95 Å². The van der Waals surface area contributed by atoms with Crippen molar-refractivity contribution in [2.75, 3.05) is 0 Å². The highest BCUT2D eigenvalue weighted by Gasteiger charge is 2.25. The Kier molecular flexibility index (Phi) is 4.32. The lowest BCUT2D eigenvalue weighted by Gasteiger charge is -2.16. The summed E-state index contributed by atoms with van der Waals surface area (Å²) in [5.74, 6) is 2.17. The Balaban J connectivity index is 1.70. The number of allylic oxidation sites excluding steroid dienone is 1. The van der Waals surface area contributed by atoms with Gasteiger partial charge in [-0.3, -0.25) is 9.13 Å². The van der Waals surface area contributed by atoms with Crippen LogP contribution in [0.25, 0.3) is 40.0 Å². The molecule has 0 saturated carbocycles. The van der Waals surface area contributed by atoms with Gasteiger partial charge in [0.05, 0.1) is 16.9 Å². The van der Waals surface area contributed by atoms with E-state index < -0.39 is 0 Å². The highest BCUT2D eigenvalue weighted by atomic mass is 15.4. The largest absolute Gasteiger partial charge is 0.278 e. The van der Waals surface area contributed by atoms with Crippen LogP contribution in [0.4, 0.5) is 0 Å². The maximum atomic E-state index is 4.75. The second-order valence-corrected chi connectivity index (χ2v) is 8.62. The van der Waals surface area contributed by atoms with Crippen LogP contribution >= 0.6 is 0 Å². The lowest BCUT2D eigenvalue weighted by atomic mass is 9.93. The zero-order valence-electron chi connectivity index (χ0n) is 18.2. The molecule has 0 aliphatic heterocycles. The van der Waals surface area contributed by atoms with E-state index in [1.54, 1.807) is 0 Å². The van der Waals surface area contributed by atoms with E-state index in [1.807, 2.05) is 24.3 Å². The highest BCUT2D eigenvalue weighted by Crippen LogP contribution is 2.36. The molecule has 1 aliphatic rings. The van der Waals surface area contributed by atoms with Crippen LogP contribution in [0.3, 0.4) is 0 Å². The summed E-state index contributed by atoms with van der Waals surface area (Å²) in [6, 6.07) is 27.3. The summed E-state index contributed by atoms with van der Waals surface area (Å²) in [6.45, 7) is 4.43. The molecule has 5 aromatic rings. The summed E-state index contributed by atoms with van der Waals surface area (Å²) >= 11 is 0. The Bertz CT molecular complexity index is 1460. The number of benzene rings is 3. The normalized spacial score (nSPS) is 15.2. The first-order valence-electron chi connectivity index (χ1n) is 11.1. The molecule has 156 valence electrons. The van der Waals surface area contributed by atoms with Crippen molar-refractivity contribution < 1.29 is 0 Å². The fraction of sp³-hybridized carbons (Fsp3) is 0.143. The van der Waals surface area contributed by atoms with E-state index in [2.05, 4.69) is 94.8 Å². The molecule has 2 aromatic heterocycles. The van der Waals surface area contributed by atoms with Crippen LogP contribution in [-0.4, -0.2) is 19.3 Å². The molecule has 32 heavy (non-hydrogen) atoms. The number of hydrogen-bond acceptors (Lipinski definition) is 2. The third-order valence-electron chi connectivity index (χ3n) is 6.27. The fourth-order valence-electron chi connectivity index (χ4n) is 4.75. The van der Waals surface area contributed by atoms with Crippen molar-refractivity contribution in [2.24, 2.45) is 5.92 Å². The van der Waals surface area contributed by atoms with Crippen molar-refractivity contribution in [1.29, 1.82) is 0 Å². The van der Waals surface area contributed by atoms with Gasteiger partial charge in [-0.15, -0.1) is 10.2 Å². The minimum absolute atomic E-state index is 0.522. The van der Waals surface area contributed by atoms with Crippen molar-refractivity contribution in [3.05, 3.63) is 102 Å². The van der Waals surface area contributed by atoms with Crippen LogP contribution in [0, 0.1) is 12.8 Å². The highest BCUT2D eigenvalue weighted by molar-refractivity contribution is 5.91. The third kappa shape index (κ3) is 2.91. The van der Waals surface area contributed by atoms with E-state index in [1.165, 1.54) is 27.7 Å². The van der Waals surface area contributed by atoms with Gasteiger partial charge in [-0.1, -0.05) is 73.2 Å². The summed E-state index contributed by atoms with van der Waals surface area (Å²) in [7, 11) is 0. The molecule has 0 spiro atoms. The van der Waals surface area contributed by atoms with Crippen LogP contribution in [0.2, 0.25) is 0 Å². The lowest BCUT2D eigenvalue weighted by Crippen LogP contribution is -2.10. The Labute approximate surface area is 187 Å². The summed E-state index contributed by atoms with van der Waals surface area (Å²) in [4.78, 5) is 0. The number of rotatable bonds is 3. The van der Waals surface area contributed by atoms with Gasteiger partial charge in [0.15, 0.2) is 5.82 Å². The predicted octanol–water partition coefficient (Wildman–Crippen LogP) is 6.39. The Morgan fingerprint density at radius 2 is 1.59 bits per heavy atom. The van der Waals surface area contributed by atoms with Crippen molar-refractivity contribution in [1.82, 2.24) is 19.3 Å². The van der Waals surface area contributed by atoms with Crippen LogP contribution in [0.5, 0.6) is 0 Å². The van der Waals surface area contributed by atoms with E-state index in [-0.39, 0.29) is 0 Å². The number of para-hydroxylation sites is 1. The molecule has 0 radical (unpaired) electrons. The van der Waals surface area contributed by atoms with Crippen LogP contribution in [0.15, 0.2) is 84.9 Å². The SMILES string of the molecule is Cc1ccc2c(c1)c1c(n2-c2nnc(-c3ccccc3)n2-c2ccccc2)C=CC(C)C1. The molecule has 0 fully saturated rings. The molecule has 1 aliphatic carbocycles. The molecule has 0 amide bonds. The monoisotopic (exact) mass is 416 g/mol. The number of aryl methyl sites for hydroxylation is 1. The minimum atomic E-state index is 0.522. The minimum Gasteiger partial charge on any atom is -0.278 e. The van der Waals surface area contributed by atoms with Crippen LogP contribution < -0.4 is 0 Å². The number of hydrogen-bond donors (Lipinski definition) is 0. The summed E-state index contributed by atoms with van der Waals surface area (Å²) in [5, 5.41) is 10.7. The first kappa shape index (κ1) is 18.8. The number of fused-ring (bicyclic) bond motifs is 3. The molecule has 2 heterocycles.